The van der Waals surface area contributed by atoms with Gasteiger partial charge >= 0.3 is 5.97 Å². The molecular weight excluding hydrogens is 322 g/mol. The predicted octanol–water partition coefficient (Wildman–Crippen LogP) is 3.45. The third-order valence-electron chi connectivity index (χ3n) is 3.82. The largest absolute Gasteiger partial charge is 0.506 e. The van der Waals surface area contributed by atoms with Gasteiger partial charge in [-0.2, -0.15) is 0 Å². The van der Waals surface area contributed by atoms with Crippen LogP contribution in [0.5, 0.6) is 5.75 Å². The molecule has 0 saturated carbocycles. The first-order chi connectivity index (χ1) is 10.6. The summed E-state index contributed by atoms with van der Waals surface area (Å²) in [7, 11) is 1.32. The number of carbonyl (C=O) groups is 1. The zero-order valence-corrected chi connectivity index (χ0v) is 13.7. The van der Waals surface area contributed by atoms with Crippen LogP contribution >= 0.6 is 22.9 Å². The minimum absolute atomic E-state index is 0.0655. The Labute approximate surface area is 137 Å². The monoisotopic (exact) mass is 337 g/mol. The Morgan fingerprint density at radius 2 is 2.23 bits per heavy atom. The quantitative estimate of drug-likeness (QED) is 0.871. The van der Waals surface area contributed by atoms with Crippen molar-refractivity contribution in [2.24, 2.45) is 0 Å². The van der Waals surface area contributed by atoms with Gasteiger partial charge in [0.05, 0.1) is 7.11 Å². The van der Waals surface area contributed by atoms with Crippen LogP contribution in [-0.4, -0.2) is 29.6 Å². The number of methoxy groups -OCH3 is 1. The van der Waals surface area contributed by atoms with Crippen molar-refractivity contribution in [3.8, 4) is 5.75 Å². The molecule has 6 heteroatoms. The molecule has 0 atom stereocenters. The van der Waals surface area contributed by atoms with E-state index in [2.05, 4.69) is 4.90 Å². The molecule has 0 aliphatic carbocycles. The minimum Gasteiger partial charge on any atom is -0.506 e. The van der Waals surface area contributed by atoms with Crippen molar-refractivity contribution in [1.29, 1.82) is 0 Å². The fraction of sp³-hybridized carbons (Fsp3) is 0.312. The Kier molecular flexibility index (Phi) is 4.38. The number of thiophene rings is 1. The number of aromatic hydroxyl groups is 1. The summed E-state index contributed by atoms with van der Waals surface area (Å²) < 4.78 is 4.71. The van der Waals surface area contributed by atoms with Crippen molar-refractivity contribution in [3.63, 3.8) is 0 Å². The SMILES string of the molecule is COC(=O)c1sc2c(c1O)CN(Cc1ccccc1Cl)CC2. The molecule has 0 radical (unpaired) electrons. The zero-order valence-electron chi connectivity index (χ0n) is 12.1. The molecule has 1 aromatic carbocycles. The number of halogens is 1. The number of hydrogen-bond donors (Lipinski definition) is 1. The van der Waals surface area contributed by atoms with Gasteiger partial charge in [-0.25, -0.2) is 4.79 Å². The van der Waals surface area contributed by atoms with Crippen LogP contribution < -0.4 is 0 Å². The van der Waals surface area contributed by atoms with Crippen molar-refractivity contribution in [3.05, 3.63) is 50.2 Å². The van der Waals surface area contributed by atoms with Gasteiger partial charge in [-0.1, -0.05) is 29.8 Å². The summed E-state index contributed by atoms with van der Waals surface area (Å²) in [6, 6.07) is 7.76. The average Bonchev–Trinajstić information content (AvgIpc) is 2.86. The maximum atomic E-state index is 11.7. The Balaban J connectivity index is 1.81. The molecule has 0 saturated heterocycles. The van der Waals surface area contributed by atoms with Gasteiger partial charge in [-0.15, -0.1) is 11.3 Å². The molecule has 2 aromatic rings. The molecule has 3 rings (SSSR count). The van der Waals surface area contributed by atoms with Crippen LogP contribution in [0.4, 0.5) is 0 Å². The molecule has 0 amide bonds. The topological polar surface area (TPSA) is 49.8 Å². The molecule has 1 aromatic heterocycles. The van der Waals surface area contributed by atoms with Crippen molar-refractivity contribution in [2.45, 2.75) is 19.5 Å². The molecule has 0 unspecified atom stereocenters. The number of esters is 1. The van der Waals surface area contributed by atoms with E-state index in [4.69, 9.17) is 16.3 Å². The van der Waals surface area contributed by atoms with Gasteiger partial charge in [0.25, 0.3) is 0 Å². The van der Waals surface area contributed by atoms with Crippen molar-refractivity contribution < 1.29 is 14.6 Å². The van der Waals surface area contributed by atoms with Crippen LogP contribution in [0.1, 0.15) is 25.7 Å². The van der Waals surface area contributed by atoms with E-state index in [0.717, 1.165) is 40.5 Å². The molecular formula is C16H16ClNO3S. The maximum absolute atomic E-state index is 11.7. The third-order valence-corrected chi connectivity index (χ3v) is 5.45. The second-order valence-corrected chi connectivity index (χ2v) is 6.74. The number of nitrogens with zero attached hydrogens (tertiary/aromatic N) is 1. The molecule has 116 valence electrons. The summed E-state index contributed by atoms with van der Waals surface area (Å²) in [6.45, 7) is 2.21. The lowest BCUT2D eigenvalue weighted by atomic mass is 10.1. The second kappa shape index (κ2) is 6.28. The van der Waals surface area contributed by atoms with E-state index < -0.39 is 5.97 Å². The van der Waals surface area contributed by atoms with Crippen LogP contribution in [0, 0.1) is 0 Å². The highest BCUT2D eigenvalue weighted by Crippen LogP contribution is 2.38. The van der Waals surface area contributed by atoms with Gasteiger partial charge in [0.2, 0.25) is 0 Å². The van der Waals surface area contributed by atoms with Gasteiger partial charge in [-0.3, -0.25) is 4.90 Å². The first-order valence-electron chi connectivity index (χ1n) is 6.97. The first kappa shape index (κ1) is 15.3. The minimum atomic E-state index is -0.477. The summed E-state index contributed by atoms with van der Waals surface area (Å²) >= 11 is 7.53. The maximum Gasteiger partial charge on any atom is 0.351 e. The molecule has 4 nitrogen and oxygen atoms in total. The van der Waals surface area contributed by atoms with E-state index >= 15 is 0 Å². The van der Waals surface area contributed by atoms with E-state index in [0.29, 0.717) is 11.4 Å². The molecule has 0 fully saturated rings. The van der Waals surface area contributed by atoms with Gasteiger partial charge < -0.3 is 9.84 Å². The lowest BCUT2D eigenvalue weighted by Crippen LogP contribution is -2.29. The number of ether oxygens (including phenoxy) is 1. The number of carbonyl (C=O) groups excluding carboxylic acids is 1. The standard InChI is InChI=1S/C16H16ClNO3S/c1-21-16(20)15-14(19)11-9-18(7-6-13(11)22-15)8-10-4-2-3-5-12(10)17/h2-5,19H,6-9H2,1H3. The molecule has 0 bridgehead atoms. The number of hydrogen-bond acceptors (Lipinski definition) is 5. The van der Waals surface area contributed by atoms with Crippen LogP contribution in [-0.2, 0) is 24.2 Å². The van der Waals surface area contributed by atoms with Crippen LogP contribution in [0.3, 0.4) is 0 Å². The van der Waals surface area contributed by atoms with Crippen molar-refractivity contribution in [1.82, 2.24) is 4.90 Å². The number of benzene rings is 1. The van der Waals surface area contributed by atoms with Crippen molar-refractivity contribution >= 4 is 28.9 Å². The summed E-state index contributed by atoms with van der Waals surface area (Å²) in [5.74, 6) is -0.412. The third kappa shape index (κ3) is 2.84. The van der Waals surface area contributed by atoms with E-state index in [1.54, 1.807) is 0 Å². The highest BCUT2D eigenvalue weighted by Gasteiger charge is 2.27. The van der Waals surface area contributed by atoms with Gasteiger partial charge in [-0.05, 0) is 18.1 Å². The predicted molar refractivity (Wildman–Crippen MR) is 86.6 cm³/mol. The summed E-state index contributed by atoms with van der Waals surface area (Å²) in [6.07, 6.45) is 0.814. The molecule has 1 N–H and O–H groups in total. The van der Waals surface area contributed by atoms with Crippen molar-refractivity contribution in [2.75, 3.05) is 13.7 Å². The van der Waals surface area contributed by atoms with Crippen LogP contribution in [0.15, 0.2) is 24.3 Å². The highest BCUT2D eigenvalue weighted by atomic mass is 35.5. The zero-order chi connectivity index (χ0) is 15.7. The number of rotatable bonds is 3. The summed E-state index contributed by atoms with van der Waals surface area (Å²) in [5, 5.41) is 11.0. The Bertz CT molecular complexity index is 713. The second-order valence-electron chi connectivity index (χ2n) is 5.23. The summed E-state index contributed by atoms with van der Waals surface area (Å²) in [5.41, 5.74) is 1.90. The Morgan fingerprint density at radius 3 is 2.95 bits per heavy atom. The van der Waals surface area contributed by atoms with Crippen LogP contribution in [0.2, 0.25) is 5.02 Å². The average molecular weight is 338 g/mol. The van der Waals surface area contributed by atoms with Crippen LogP contribution in [0.25, 0.3) is 0 Å². The van der Waals surface area contributed by atoms with E-state index in [-0.39, 0.29) is 5.75 Å². The molecule has 1 aliphatic heterocycles. The molecule has 1 aliphatic rings. The van der Waals surface area contributed by atoms with Gasteiger partial charge in [0.15, 0.2) is 4.88 Å². The summed E-state index contributed by atoms with van der Waals surface area (Å²) in [4.78, 5) is 15.2. The normalized spacial score (nSPS) is 14.6. The smallest absolute Gasteiger partial charge is 0.351 e. The highest BCUT2D eigenvalue weighted by molar-refractivity contribution is 7.14. The lowest BCUT2D eigenvalue weighted by molar-refractivity contribution is 0.0603. The number of fused-ring (bicyclic) bond motifs is 1. The van der Waals surface area contributed by atoms with E-state index in [1.807, 2.05) is 24.3 Å². The lowest BCUT2D eigenvalue weighted by Gasteiger charge is -2.27. The van der Waals surface area contributed by atoms with Gasteiger partial charge in [0.1, 0.15) is 5.75 Å². The molecule has 2 heterocycles. The van der Waals surface area contributed by atoms with Gasteiger partial charge in [0, 0.05) is 35.1 Å². The molecule has 22 heavy (non-hydrogen) atoms. The Morgan fingerprint density at radius 1 is 1.45 bits per heavy atom. The molecule has 0 spiro atoms. The Hall–Kier alpha value is -1.56. The van der Waals surface area contributed by atoms with E-state index in [1.165, 1.54) is 18.4 Å². The fourth-order valence-electron chi connectivity index (χ4n) is 2.66. The first-order valence-corrected chi connectivity index (χ1v) is 8.17. The fourth-order valence-corrected chi connectivity index (χ4v) is 3.97. The van der Waals surface area contributed by atoms with E-state index in [9.17, 15) is 9.90 Å².